The van der Waals surface area contributed by atoms with Crippen LogP contribution in [-0.4, -0.2) is 5.78 Å². The molecule has 0 saturated heterocycles. The molecule has 2 nitrogen and oxygen atoms in total. The maximum absolute atomic E-state index is 13.3. The van der Waals surface area contributed by atoms with Crippen LogP contribution in [-0.2, 0) is 0 Å². The summed E-state index contributed by atoms with van der Waals surface area (Å²) in [4.78, 5) is 11.8. The molecule has 16 heavy (non-hydrogen) atoms. The monoisotopic (exact) mass is 222 g/mol. The molecule has 0 aliphatic heterocycles. The molecule has 0 unspecified atom stereocenters. The van der Waals surface area contributed by atoms with Crippen molar-refractivity contribution in [1.29, 1.82) is 0 Å². The second-order valence-electron chi connectivity index (χ2n) is 3.34. The fraction of sp³-hybridized carbons (Fsp3) is 0.0833. The largest absolute Gasteiger partial charge is 0.469 e. The number of hydrogen-bond acceptors (Lipinski definition) is 2. The Morgan fingerprint density at radius 2 is 1.94 bits per heavy atom. The number of ketones is 1. The van der Waals surface area contributed by atoms with Crippen LogP contribution in [0.4, 0.5) is 8.78 Å². The lowest BCUT2D eigenvalue weighted by Gasteiger charge is -2.01. The third-order valence-electron chi connectivity index (χ3n) is 2.28. The van der Waals surface area contributed by atoms with Crippen molar-refractivity contribution < 1.29 is 18.0 Å². The SMILES string of the molecule is Cc1occc1C(=O)c1ccc(F)cc1F. The summed E-state index contributed by atoms with van der Waals surface area (Å²) in [6.45, 7) is 1.61. The number of furan rings is 1. The summed E-state index contributed by atoms with van der Waals surface area (Å²) in [5.74, 6) is -1.68. The first-order valence-electron chi connectivity index (χ1n) is 4.63. The molecule has 0 radical (unpaired) electrons. The number of hydrogen-bond donors (Lipinski definition) is 0. The first-order chi connectivity index (χ1) is 7.59. The van der Waals surface area contributed by atoms with Gasteiger partial charge in [0, 0.05) is 6.07 Å². The second kappa shape index (κ2) is 3.89. The van der Waals surface area contributed by atoms with E-state index in [0.717, 1.165) is 12.1 Å². The van der Waals surface area contributed by atoms with Gasteiger partial charge in [0.05, 0.1) is 17.4 Å². The zero-order chi connectivity index (χ0) is 11.7. The fourth-order valence-electron chi connectivity index (χ4n) is 1.44. The predicted octanol–water partition coefficient (Wildman–Crippen LogP) is 3.10. The molecule has 0 saturated carbocycles. The molecule has 0 spiro atoms. The lowest BCUT2D eigenvalue weighted by molar-refractivity contribution is 0.103. The lowest BCUT2D eigenvalue weighted by Crippen LogP contribution is -2.04. The van der Waals surface area contributed by atoms with Crippen LogP contribution in [0.1, 0.15) is 21.7 Å². The van der Waals surface area contributed by atoms with Crippen LogP contribution in [0.3, 0.4) is 0 Å². The van der Waals surface area contributed by atoms with Gasteiger partial charge < -0.3 is 4.42 Å². The van der Waals surface area contributed by atoms with E-state index >= 15 is 0 Å². The Kier molecular flexibility index (Phi) is 2.56. The molecule has 1 heterocycles. The van der Waals surface area contributed by atoms with Gasteiger partial charge in [-0.2, -0.15) is 0 Å². The third kappa shape index (κ3) is 1.74. The maximum atomic E-state index is 13.3. The standard InChI is InChI=1S/C12H8F2O2/c1-7-9(4-5-16-7)12(15)10-3-2-8(13)6-11(10)14/h2-6H,1H3. The number of rotatable bonds is 2. The molecule has 0 bridgehead atoms. The minimum Gasteiger partial charge on any atom is -0.469 e. The van der Waals surface area contributed by atoms with Gasteiger partial charge in [-0.3, -0.25) is 4.79 Å². The molecule has 1 aromatic heterocycles. The smallest absolute Gasteiger partial charge is 0.199 e. The van der Waals surface area contributed by atoms with Gasteiger partial charge in [-0.25, -0.2) is 8.78 Å². The van der Waals surface area contributed by atoms with Crippen molar-refractivity contribution in [3.05, 3.63) is 59.1 Å². The summed E-state index contributed by atoms with van der Waals surface area (Å²) in [6, 6.07) is 4.31. The average Bonchev–Trinajstić information content (AvgIpc) is 2.63. The molecule has 0 N–H and O–H groups in total. The lowest BCUT2D eigenvalue weighted by atomic mass is 10.0. The summed E-state index contributed by atoms with van der Waals surface area (Å²) in [6.07, 6.45) is 1.35. The van der Waals surface area contributed by atoms with E-state index in [4.69, 9.17) is 4.42 Å². The van der Waals surface area contributed by atoms with Crippen molar-refractivity contribution in [2.24, 2.45) is 0 Å². The van der Waals surface area contributed by atoms with E-state index in [1.807, 2.05) is 0 Å². The van der Waals surface area contributed by atoms with E-state index in [2.05, 4.69) is 0 Å². The Bertz CT molecular complexity index is 544. The number of halogens is 2. The number of carbonyl (C=O) groups is 1. The van der Waals surface area contributed by atoms with Gasteiger partial charge in [0.15, 0.2) is 5.78 Å². The molecule has 0 amide bonds. The number of carbonyl (C=O) groups excluding carboxylic acids is 1. The molecule has 0 fully saturated rings. The molecule has 1 aromatic carbocycles. The zero-order valence-corrected chi connectivity index (χ0v) is 8.46. The Morgan fingerprint density at radius 3 is 2.50 bits per heavy atom. The van der Waals surface area contributed by atoms with E-state index in [1.165, 1.54) is 12.3 Å². The highest BCUT2D eigenvalue weighted by atomic mass is 19.1. The maximum Gasteiger partial charge on any atom is 0.199 e. The number of benzene rings is 1. The normalized spacial score (nSPS) is 10.4. The van der Waals surface area contributed by atoms with Crippen molar-refractivity contribution in [3.8, 4) is 0 Å². The minimum atomic E-state index is -0.870. The summed E-state index contributed by atoms with van der Waals surface area (Å²) < 4.78 is 30.9. The molecule has 4 heteroatoms. The minimum absolute atomic E-state index is 0.161. The van der Waals surface area contributed by atoms with E-state index in [0.29, 0.717) is 11.8 Å². The van der Waals surface area contributed by atoms with Crippen LogP contribution in [0.5, 0.6) is 0 Å². The Labute approximate surface area is 90.5 Å². The molecule has 0 aliphatic rings. The molecule has 0 atom stereocenters. The van der Waals surface area contributed by atoms with Crippen LogP contribution in [0.25, 0.3) is 0 Å². The summed E-state index contributed by atoms with van der Waals surface area (Å²) >= 11 is 0. The molecular weight excluding hydrogens is 214 g/mol. The number of aryl methyl sites for hydroxylation is 1. The van der Waals surface area contributed by atoms with Crippen molar-refractivity contribution in [2.75, 3.05) is 0 Å². The molecule has 2 aromatic rings. The summed E-state index contributed by atoms with van der Waals surface area (Å²) in [7, 11) is 0. The van der Waals surface area contributed by atoms with Gasteiger partial charge in [-0.15, -0.1) is 0 Å². The molecule has 0 aliphatic carbocycles. The molecule has 2 rings (SSSR count). The first kappa shape index (κ1) is 10.5. The van der Waals surface area contributed by atoms with E-state index < -0.39 is 17.4 Å². The highest BCUT2D eigenvalue weighted by Crippen LogP contribution is 2.18. The van der Waals surface area contributed by atoms with Crippen LogP contribution in [0.2, 0.25) is 0 Å². The Balaban J connectivity index is 2.46. The first-order valence-corrected chi connectivity index (χ1v) is 4.63. The van der Waals surface area contributed by atoms with Crippen LogP contribution < -0.4 is 0 Å². The zero-order valence-electron chi connectivity index (χ0n) is 8.46. The van der Waals surface area contributed by atoms with Crippen molar-refractivity contribution in [1.82, 2.24) is 0 Å². The average molecular weight is 222 g/mol. The van der Waals surface area contributed by atoms with Gasteiger partial charge in [0.2, 0.25) is 0 Å². The molecule has 82 valence electrons. The fourth-order valence-corrected chi connectivity index (χ4v) is 1.44. The van der Waals surface area contributed by atoms with Gasteiger partial charge >= 0.3 is 0 Å². The second-order valence-corrected chi connectivity index (χ2v) is 3.34. The Hall–Kier alpha value is -1.97. The molecular formula is C12H8F2O2. The van der Waals surface area contributed by atoms with Crippen LogP contribution in [0.15, 0.2) is 34.9 Å². The van der Waals surface area contributed by atoms with E-state index in [9.17, 15) is 13.6 Å². The summed E-state index contributed by atoms with van der Waals surface area (Å²) in [5.41, 5.74) is 0.122. The van der Waals surface area contributed by atoms with Gasteiger partial charge in [-0.05, 0) is 25.1 Å². The van der Waals surface area contributed by atoms with E-state index in [1.54, 1.807) is 6.92 Å². The van der Waals surface area contributed by atoms with Crippen molar-refractivity contribution in [3.63, 3.8) is 0 Å². The highest BCUT2D eigenvalue weighted by Gasteiger charge is 2.17. The van der Waals surface area contributed by atoms with Gasteiger partial charge in [0.1, 0.15) is 17.4 Å². The van der Waals surface area contributed by atoms with Crippen molar-refractivity contribution in [2.45, 2.75) is 6.92 Å². The highest BCUT2D eigenvalue weighted by molar-refractivity contribution is 6.09. The van der Waals surface area contributed by atoms with Gasteiger partial charge in [0.25, 0.3) is 0 Å². The van der Waals surface area contributed by atoms with E-state index in [-0.39, 0.29) is 11.1 Å². The quantitative estimate of drug-likeness (QED) is 0.731. The Morgan fingerprint density at radius 1 is 1.19 bits per heavy atom. The summed E-state index contributed by atoms with van der Waals surface area (Å²) in [5, 5.41) is 0. The van der Waals surface area contributed by atoms with Gasteiger partial charge in [-0.1, -0.05) is 0 Å². The predicted molar refractivity (Wildman–Crippen MR) is 53.2 cm³/mol. The third-order valence-corrected chi connectivity index (χ3v) is 2.28. The van der Waals surface area contributed by atoms with Crippen molar-refractivity contribution >= 4 is 5.78 Å². The topological polar surface area (TPSA) is 30.2 Å². The van der Waals surface area contributed by atoms with Crippen LogP contribution in [0, 0.1) is 18.6 Å². The van der Waals surface area contributed by atoms with Crippen LogP contribution >= 0.6 is 0 Å².